The number of nitrogens with one attached hydrogen (secondary N) is 1. The summed E-state index contributed by atoms with van der Waals surface area (Å²) in [6, 6.07) is 5.36. The Morgan fingerprint density at radius 1 is 1.35 bits per heavy atom. The first-order valence-corrected chi connectivity index (χ1v) is 8.17. The average Bonchev–Trinajstić information content (AvgIpc) is 2.44. The Balaban J connectivity index is 2.07. The van der Waals surface area contributed by atoms with Crippen LogP contribution in [0.2, 0.25) is 0 Å². The van der Waals surface area contributed by atoms with E-state index in [1.54, 1.807) is 6.07 Å². The summed E-state index contributed by atoms with van der Waals surface area (Å²) < 4.78 is 19.4. The van der Waals surface area contributed by atoms with Crippen molar-refractivity contribution in [3.8, 4) is 0 Å². The highest BCUT2D eigenvalue weighted by Gasteiger charge is 2.32. The van der Waals surface area contributed by atoms with Gasteiger partial charge in [-0.05, 0) is 71.3 Å². The summed E-state index contributed by atoms with van der Waals surface area (Å²) in [6.07, 6.45) is 4.26. The molecule has 0 unspecified atom stereocenters. The Hall–Kier alpha value is -0.450. The summed E-state index contributed by atoms with van der Waals surface area (Å²) in [6.45, 7) is 5.90. The molecular formula is C16H23BrFNO. The van der Waals surface area contributed by atoms with Gasteiger partial charge in [-0.1, -0.05) is 13.0 Å². The number of ether oxygens (including phenoxy) is 1. The average molecular weight is 344 g/mol. The monoisotopic (exact) mass is 343 g/mol. The van der Waals surface area contributed by atoms with E-state index in [-0.39, 0.29) is 11.2 Å². The fourth-order valence-corrected chi connectivity index (χ4v) is 3.26. The summed E-state index contributed by atoms with van der Waals surface area (Å²) in [4.78, 5) is 0. The van der Waals surface area contributed by atoms with Crippen LogP contribution in [0.4, 0.5) is 4.39 Å². The first kappa shape index (κ1) is 15.9. The molecule has 1 fully saturated rings. The molecule has 0 amide bonds. The molecule has 2 nitrogen and oxygen atoms in total. The Kier molecular flexibility index (Phi) is 6.00. The first-order chi connectivity index (χ1) is 9.65. The van der Waals surface area contributed by atoms with Crippen LogP contribution >= 0.6 is 15.9 Å². The van der Waals surface area contributed by atoms with Gasteiger partial charge in [-0.15, -0.1) is 0 Å². The zero-order chi connectivity index (χ0) is 14.4. The molecule has 20 heavy (non-hydrogen) atoms. The summed E-state index contributed by atoms with van der Waals surface area (Å²) in [5.74, 6) is -0.195. The lowest BCUT2D eigenvalue weighted by atomic mass is 9.75. The van der Waals surface area contributed by atoms with E-state index in [0.717, 1.165) is 52.0 Å². The minimum atomic E-state index is -0.195. The number of halogens is 2. The van der Waals surface area contributed by atoms with E-state index in [4.69, 9.17) is 4.74 Å². The van der Waals surface area contributed by atoms with Crippen LogP contribution in [0.15, 0.2) is 22.7 Å². The fraction of sp³-hybridized carbons (Fsp3) is 0.625. The Morgan fingerprint density at radius 3 is 2.75 bits per heavy atom. The van der Waals surface area contributed by atoms with Crippen LogP contribution in [0.5, 0.6) is 0 Å². The minimum Gasteiger partial charge on any atom is -0.381 e. The van der Waals surface area contributed by atoms with Crippen LogP contribution in [0.25, 0.3) is 0 Å². The van der Waals surface area contributed by atoms with Crippen molar-refractivity contribution < 1.29 is 9.13 Å². The molecular weight excluding hydrogens is 321 g/mol. The van der Waals surface area contributed by atoms with Gasteiger partial charge in [0.05, 0.1) is 4.47 Å². The SMILES string of the molecule is CCCNCC1(Cc2ccc(F)c(Br)c2)CCOCC1. The van der Waals surface area contributed by atoms with Crippen molar-refractivity contribution in [3.05, 3.63) is 34.1 Å². The molecule has 0 atom stereocenters. The van der Waals surface area contributed by atoms with E-state index in [1.807, 2.05) is 12.1 Å². The maximum Gasteiger partial charge on any atom is 0.137 e. The minimum absolute atomic E-state index is 0.195. The molecule has 0 bridgehead atoms. The predicted molar refractivity (Wildman–Crippen MR) is 83.5 cm³/mol. The molecule has 1 aliphatic heterocycles. The second kappa shape index (κ2) is 7.53. The van der Waals surface area contributed by atoms with Crippen molar-refractivity contribution >= 4 is 15.9 Å². The summed E-state index contributed by atoms with van der Waals surface area (Å²) in [5, 5.41) is 3.55. The van der Waals surface area contributed by atoms with Crippen LogP contribution in [-0.4, -0.2) is 26.3 Å². The molecule has 0 radical (unpaired) electrons. The van der Waals surface area contributed by atoms with Gasteiger partial charge < -0.3 is 10.1 Å². The quantitative estimate of drug-likeness (QED) is 0.790. The molecule has 4 heteroatoms. The number of benzene rings is 1. The third kappa shape index (κ3) is 4.27. The third-order valence-corrected chi connectivity index (χ3v) is 4.65. The molecule has 1 aliphatic rings. The maximum absolute atomic E-state index is 13.3. The lowest BCUT2D eigenvalue weighted by molar-refractivity contribution is 0.0150. The topological polar surface area (TPSA) is 21.3 Å². The van der Waals surface area contributed by atoms with E-state index in [0.29, 0.717) is 4.47 Å². The number of hydrogen-bond donors (Lipinski definition) is 1. The Labute approximate surface area is 129 Å². The normalized spacial score (nSPS) is 18.1. The second-order valence-electron chi connectivity index (χ2n) is 5.71. The zero-order valence-electron chi connectivity index (χ0n) is 12.1. The number of rotatable bonds is 6. The summed E-state index contributed by atoms with van der Waals surface area (Å²) in [7, 11) is 0. The lowest BCUT2D eigenvalue weighted by Crippen LogP contribution is -2.41. The molecule has 1 aromatic rings. The smallest absolute Gasteiger partial charge is 0.137 e. The Bertz CT molecular complexity index is 432. The van der Waals surface area contributed by atoms with E-state index in [2.05, 4.69) is 28.2 Å². The van der Waals surface area contributed by atoms with Crippen molar-refractivity contribution in [3.63, 3.8) is 0 Å². The second-order valence-corrected chi connectivity index (χ2v) is 6.57. The van der Waals surface area contributed by atoms with Crippen molar-refractivity contribution in [1.29, 1.82) is 0 Å². The van der Waals surface area contributed by atoms with Gasteiger partial charge in [0, 0.05) is 19.8 Å². The molecule has 1 heterocycles. The van der Waals surface area contributed by atoms with Crippen molar-refractivity contribution in [1.82, 2.24) is 5.32 Å². The van der Waals surface area contributed by atoms with Gasteiger partial charge >= 0.3 is 0 Å². The van der Waals surface area contributed by atoms with Crippen LogP contribution < -0.4 is 5.32 Å². The Morgan fingerprint density at radius 2 is 2.10 bits per heavy atom. The van der Waals surface area contributed by atoms with E-state index >= 15 is 0 Å². The van der Waals surface area contributed by atoms with E-state index in [9.17, 15) is 4.39 Å². The molecule has 1 saturated heterocycles. The number of hydrogen-bond acceptors (Lipinski definition) is 2. The van der Waals surface area contributed by atoms with Crippen LogP contribution in [0.1, 0.15) is 31.7 Å². The van der Waals surface area contributed by atoms with Crippen LogP contribution in [0, 0.1) is 11.2 Å². The lowest BCUT2D eigenvalue weighted by Gasteiger charge is -2.38. The first-order valence-electron chi connectivity index (χ1n) is 7.38. The van der Waals surface area contributed by atoms with E-state index < -0.39 is 0 Å². The molecule has 0 aliphatic carbocycles. The van der Waals surface area contributed by atoms with Crippen LogP contribution in [-0.2, 0) is 11.2 Å². The van der Waals surface area contributed by atoms with Crippen molar-refractivity contribution in [2.75, 3.05) is 26.3 Å². The summed E-state index contributed by atoms with van der Waals surface area (Å²) >= 11 is 3.28. The zero-order valence-corrected chi connectivity index (χ0v) is 13.6. The van der Waals surface area contributed by atoms with Gasteiger partial charge in [0.1, 0.15) is 5.82 Å². The third-order valence-electron chi connectivity index (χ3n) is 4.04. The molecule has 0 saturated carbocycles. The van der Waals surface area contributed by atoms with Gasteiger partial charge in [0.25, 0.3) is 0 Å². The standard InChI is InChI=1S/C16H23BrFNO/c1-2-7-19-12-16(5-8-20-9-6-16)11-13-3-4-15(18)14(17)10-13/h3-4,10,19H,2,5-9,11-12H2,1H3. The fourth-order valence-electron chi connectivity index (χ4n) is 2.83. The molecule has 1 aromatic carbocycles. The van der Waals surface area contributed by atoms with Crippen molar-refractivity contribution in [2.45, 2.75) is 32.6 Å². The molecule has 112 valence electrons. The predicted octanol–water partition coefficient (Wildman–Crippen LogP) is 3.93. The van der Waals surface area contributed by atoms with Gasteiger partial charge in [-0.3, -0.25) is 0 Å². The molecule has 1 N–H and O–H groups in total. The largest absolute Gasteiger partial charge is 0.381 e. The van der Waals surface area contributed by atoms with Gasteiger partial charge in [-0.25, -0.2) is 4.39 Å². The van der Waals surface area contributed by atoms with Gasteiger partial charge in [-0.2, -0.15) is 0 Å². The van der Waals surface area contributed by atoms with Crippen LogP contribution in [0.3, 0.4) is 0 Å². The van der Waals surface area contributed by atoms with E-state index in [1.165, 1.54) is 5.56 Å². The molecule has 0 aromatic heterocycles. The summed E-state index contributed by atoms with van der Waals surface area (Å²) in [5.41, 5.74) is 1.43. The van der Waals surface area contributed by atoms with Gasteiger partial charge in [0.2, 0.25) is 0 Å². The highest BCUT2D eigenvalue weighted by molar-refractivity contribution is 9.10. The van der Waals surface area contributed by atoms with Crippen molar-refractivity contribution in [2.24, 2.45) is 5.41 Å². The maximum atomic E-state index is 13.3. The molecule has 2 rings (SSSR count). The molecule has 0 spiro atoms. The highest BCUT2D eigenvalue weighted by Crippen LogP contribution is 2.34. The van der Waals surface area contributed by atoms with Gasteiger partial charge in [0.15, 0.2) is 0 Å². The highest BCUT2D eigenvalue weighted by atomic mass is 79.9.